The molecule has 0 N–H and O–H groups in total. The van der Waals surface area contributed by atoms with E-state index in [0.29, 0.717) is 0 Å². The first kappa shape index (κ1) is 5.12. The summed E-state index contributed by atoms with van der Waals surface area (Å²) in [6.07, 6.45) is 2.92. The van der Waals surface area contributed by atoms with Crippen LogP contribution < -0.4 is 0 Å². The van der Waals surface area contributed by atoms with Crippen LogP contribution in [-0.4, -0.2) is 17.4 Å². The van der Waals surface area contributed by atoms with Gasteiger partial charge in [-0.1, -0.05) is 12.8 Å². The highest BCUT2D eigenvalue weighted by atomic mass is 32.1. The maximum atomic E-state index is 4.28. The zero-order valence-electron chi connectivity index (χ0n) is 4.88. The van der Waals surface area contributed by atoms with E-state index in [-0.39, 0.29) is 0 Å². The summed E-state index contributed by atoms with van der Waals surface area (Å²) in [5.74, 6) is 2.04. The number of fused-ring (bicyclic) bond motifs is 1. The molecule has 1 heterocycles. The molecule has 0 amide bonds. The minimum absolute atomic E-state index is 1.02. The minimum Gasteiger partial charge on any atom is -0.253 e. The number of hydrogen-bond donors (Lipinski definition) is 1. The smallest absolute Gasteiger partial charge is 0.0119 e. The molecule has 0 radical (unpaired) electrons. The van der Waals surface area contributed by atoms with Gasteiger partial charge in [-0.15, -0.1) is 0 Å². The third-order valence-electron chi connectivity index (χ3n) is 2.47. The maximum Gasteiger partial charge on any atom is 0.0119 e. The van der Waals surface area contributed by atoms with Crippen LogP contribution >= 0.6 is 12.8 Å². The fourth-order valence-corrected chi connectivity index (χ4v) is 2.15. The van der Waals surface area contributed by atoms with Gasteiger partial charge in [0.15, 0.2) is 0 Å². The van der Waals surface area contributed by atoms with Gasteiger partial charge in [0, 0.05) is 13.1 Å². The Balaban J connectivity index is 2.00. The average Bonchev–Trinajstić information content (AvgIpc) is 1.91. The van der Waals surface area contributed by atoms with Crippen LogP contribution in [0.15, 0.2) is 0 Å². The molecule has 2 heteroatoms. The van der Waals surface area contributed by atoms with E-state index >= 15 is 0 Å². The van der Waals surface area contributed by atoms with Crippen molar-refractivity contribution in [2.24, 2.45) is 11.8 Å². The van der Waals surface area contributed by atoms with Crippen molar-refractivity contribution in [2.75, 3.05) is 13.1 Å². The Morgan fingerprint density at radius 3 is 1.88 bits per heavy atom. The highest BCUT2D eigenvalue weighted by Crippen LogP contribution is 2.40. The molecule has 0 aromatic rings. The van der Waals surface area contributed by atoms with Crippen molar-refractivity contribution in [1.82, 2.24) is 4.31 Å². The second-order valence-electron chi connectivity index (χ2n) is 2.97. The van der Waals surface area contributed by atoms with Gasteiger partial charge in [0.05, 0.1) is 0 Å². The van der Waals surface area contributed by atoms with Gasteiger partial charge in [-0.2, -0.15) is 0 Å². The maximum absolute atomic E-state index is 4.28. The van der Waals surface area contributed by atoms with E-state index in [0.717, 1.165) is 11.8 Å². The van der Waals surface area contributed by atoms with Crippen molar-refractivity contribution in [3.05, 3.63) is 0 Å². The van der Waals surface area contributed by atoms with Crippen molar-refractivity contribution in [2.45, 2.75) is 12.8 Å². The van der Waals surface area contributed by atoms with Crippen LogP contribution in [-0.2, 0) is 0 Å². The Kier molecular flexibility index (Phi) is 1.05. The zero-order valence-corrected chi connectivity index (χ0v) is 5.77. The third-order valence-corrected chi connectivity index (χ3v) is 2.79. The van der Waals surface area contributed by atoms with Gasteiger partial charge in [-0.05, 0) is 24.7 Å². The van der Waals surface area contributed by atoms with Gasteiger partial charge in [0.1, 0.15) is 0 Å². The van der Waals surface area contributed by atoms with Crippen molar-refractivity contribution in [1.29, 1.82) is 0 Å². The van der Waals surface area contributed by atoms with Crippen LogP contribution in [0.5, 0.6) is 0 Å². The van der Waals surface area contributed by atoms with Gasteiger partial charge in [0.2, 0.25) is 0 Å². The van der Waals surface area contributed by atoms with Crippen LogP contribution in [0.25, 0.3) is 0 Å². The largest absolute Gasteiger partial charge is 0.253 e. The van der Waals surface area contributed by atoms with Crippen molar-refractivity contribution in [3.8, 4) is 0 Å². The molecule has 2 aliphatic rings. The molecule has 1 aliphatic carbocycles. The number of hydrogen-bond acceptors (Lipinski definition) is 2. The van der Waals surface area contributed by atoms with E-state index in [1.165, 1.54) is 25.9 Å². The van der Waals surface area contributed by atoms with Crippen molar-refractivity contribution >= 4 is 12.8 Å². The Morgan fingerprint density at radius 1 is 1.12 bits per heavy atom. The highest BCUT2D eigenvalue weighted by Gasteiger charge is 2.37. The monoisotopic (exact) mass is 129 g/mol. The molecule has 1 aliphatic heterocycles. The molecule has 0 aromatic heterocycles. The molecule has 2 unspecified atom stereocenters. The molecule has 1 nitrogen and oxygen atoms in total. The van der Waals surface area contributed by atoms with Crippen LogP contribution in [0.3, 0.4) is 0 Å². The lowest BCUT2D eigenvalue weighted by molar-refractivity contribution is 0.243. The molecule has 0 spiro atoms. The summed E-state index contributed by atoms with van der Waals surface area (Å²) in [5.41, 5.74) is 0. The SMILES string of the molecule is SN1CC2CCC2C1. The Morgan fingerprint density at radius 2 is 1.62 bits per heavy atom. The Hall–Kier alpha value is 0.310. The highest BCUT2D eigenvalue weighted by molar-refractivity contribution is 7.77. The second-order valence-corrected chi connectivity index (χ2v) is 3.53. The first-order chi connectivity index (χ1) is 3.86. The first-order valence-corrected chi connectivity index (χ1v) is 3.70. The van der Waals surface area contributed by atoms with Crippen LogP contribution in [0.2, 0.25) is 0 Å². The molecule has 2 rings (SSSR count). The standard InChI is InChI=1S/C6H11NS/c8-7-3-5-1-2-6(5)4-7/h5-6,8H,1-4H2. The third kappa shape index (κ3) is 0.594. The Labute approximate surface area is 55.6 Å². The van der Waals surface area contributed by atoms with Gasteiger partial charge >= 0.3 is 0 Å². The summed E-state index contributed by atoms with van der Waals surface area (Å²) in [6.45, 7) is 2.49. The van der Waals surface area contributed by atoms with E-state index < -0.39 is 0 Å². The minimum atomic E-state index is 1.02. The fraction of sp³-hybridized carbons (Fsp3) is 1.00. The fourth-order valence-electron chi connectivity index (χ4n) is 1.73. The Bertz CT molecular complexity index is 92.7. The molecule has 1 saturated carbocycles. The van der Waals surface area contributed by atoms with Gasteiger partial charge in [-0.25, -0.2) is 0 Å². The molecule has 2 atom stereocenters. The lowest BCUT2D eigenvalue weighted by Gasteiger charge is -2.27. The lowest BCUT2D eigenvalue weighted by Crippen LogP contribution is -2.22. The van der Waals surface area contributed by atoms with E-state index in [2.05, 4.69) is 17.1 Å². The van der Waals surface area contributed by atoms with Crippen LogP contribution in [0.4, 0.5) is 0 Å². The molecule has 8 heavy (non-hydrogen) atoms. The van der Waals surface area contributed by atoms with E-state index in [9.17, 15) is 0 Å². The molecule has 1 saturated heterocycles. The van der Waals surface area contributed by atoms with Gasteiger partial charge < -0.3 is 0 Å². The summed E-state index contributed by atoms with van der Waals surface area (Å²) in [5, 5.41) is 0. The predicted octanol–water partition coefficient (Wildman–Crippen LogP) is 1.17. The topological polar surface area (TPSA) is 3.24 Å². The van der Waals surface area contributed by atoms with E-state index in [4.69, 9.17) is 0 Å². The number of rotatable bonds is 0. The molecule has 0 aromatic carbocycles. The number of nitrogens with zero attached hydrogens (tertiary/aromatic N) is 1. The van der Waals surface area contributed by atoms with Crippen molar-refractivity contribution in [3.63, 3.8) is 0 Å². The van der Waals surface area contributed by atoms with Crippen molar-refractivity contribution < 1.29 is 0 Å². The summed E-state index contributed by atoms with van der Waals surface area (Å²) >= 11 is 4.28. The molecular formula is C6H11NS. The number of thiol groups is 1. The van der Waals surface area contributed by atoms with Crippen LogP contribution in [0, 0.1) is 11.8 Å². The average molecular weight is 129 g/mol. The second kappa shape index (κ2) is 1.64. The van der Waals surface area contributed by atoms with Crippen LogP contribution in [0.1, 0.15) is 12.8 Å². The summed E-state index contributed by atoms with van der Waals surface area (Å²) in [6, 6.07) is 0. The summed E-state index contributed by atoms with van der Waals surface area (Å²) in [7, 11) is 0. The zero-order chi connectivity index (χ0) is 5.56. The van der Waals surface area contributed by atoms with Gasteiger partial charge in [-0.3, -0.25) is 4.31 Å². The predicted molar refractivity (Wildman–Crippen MR) is 36.8 cm³/mol. The van der Waals surface area contributed by atoms with Gasteiger partial charge in [0.25, 0.3) is 0 Å². The summed E-state index contributed by atoms with van der Waals surface area (Å²) in [4.78, 5) is 0. The lowest BCUT2D eigenvalue weighted by atomic mass is 9.77. The quantitative estimate of drug-likeness (QED) is 0.481. The first-order valence-electron chi connectivity index (χ1n) is 3.30. The van der Waals surface area contributed by atoms with E-state index in [1.807, 2.05) is 0 Å². The molecule has 46 valence electrons. The normalized spacial score (nSPS) is 46.1. The molecule has 0 bridgehead atoms. The molecular weight excluding hydrogens is 118 g/mol. The van der Waals surface area contributed by atoms with E-state index in [1.54, 1.807) is 0 Å². The summed E-state index contributed by atoms with van der Waals surface area (Å²) < 4.78 is 2.16. The molecule has 2 fully saturated rings.